The molecule has 0 spiro atoms. The van der Waals surface area contributed by atoms with Gasteiger partial charge < -0.3 is 10.1 Å². The van der Waals surface area contributed by atoms with Crippen molar-refractivity contribution in [1.82, 2.24) is 10.3 Å². The van der Waals surface area contributed by atoms with E-state index in [4.69, 9.17) is 0 Å². The van der Waals surface area contributed by atoms with E-state index in [0.29, 0.717) is 5.56 Å². The summed E-state index contributed by atoms with van der Waals surface area (Å²) in [6.45, 7) is 3.77. The van der Waals surface area contributed by atoms with Crippen molar-refractivity contribution in [2.45, 2.75) is 37.0 Å². The zero-order chi connectivity index (χ0) is 17.5. The second-order valence-electron chi connectivity index (χ2n) is 5.33. The fourth-order valence-electron chi connectivity index (χ4n) is 2.03. The Morgan fingerprint density at radius 3 is 2.62 bits per heavy atom. The van der Waals surface area contributed by atoms with Crippen LogP contribution in [0, 0.1) is 6.92 Å². The number of aromatic nitrogens is 1. The summed E-state index contributed by atoms with van der Waals surface area (Å²) in [6, 6.07) is 7.14. The molecule has 0 saturated heterocycles. The van der Waals surface area contributed by atoms with Crippen LogP contribution in [0.1, 0.15) is 34.4 Å². The molecular weight excluding hydrogens is 344 g/mol. The first-order valence-corrected chi connectivity index (χ1v) is 9.36. The Morgan fingerprint density at radius 2 is 2.04 bits per heavy atom. The van der Waals surface area contributed by atoms with E-state index >= 15 is 0 Å². The molecule has 1 amide bonds. The van der Waals surface area contributed by atoms with Gasteiger partial charge in [0.05, 0.1) is 24.2 Å². The Labute approximate surface area is 149 Å². The molecule has 0 saturated carbocycles. The molecule has 1 aromatic carbocycles. The number of carbonyl (C=O) groups excluding carboxylic acids is 2. The SMILES string of the molecule is COC(=O)CC(C)NC(=O)c1ccc(SCc2csc(C)n2)cc1. The molecule has 1 unspecified atom stereocenters. The molecule has 7 heteroatoms. The van der Waals surface area contributed by atoms with Gasteiger partial charge in [-0.25, -0.2) is 4.98 Å². The minimum absolute atomic E-state index is 0.156. The summed E-state index contributed by atoms with van der Waals surface area (Å²) < 4.78 is 4.59. The summed E-state index contributed by atoms with van der Waals surface area (Å²) in [5, 5.41) is 5.92. The lowest BCUT2D eigenvalue weighted by Gasteiger charge is -2.12. The van der Waals surface area contributed by atoms with Gasteiger partial charge in [0.2, 0.25) is 0 Å². The summed E-state index contributed by atoms with van der Waals surface area (Å²) in [7, 11) is 1.33. The normalized spacial score (nSPS) is 11.8. The average Bonchev–Trinajstić information content (AvgIpc) is 2.98. The van der Waals surface area contributed by atoms with Gasteiger partial charge >= 0.3 is 5.97 Å². The van der Waals surface area contributed by atoms with Crippen LogP contribution in [0.5, 0.6) is 0 Å². The van der Waals surface area contributed by atoms with Gasteiger partial charge in [-0.2, -0.15) is 0 Å². The first kappa shape index (κ1) is 18.5. The molecule has 2 rings (SSSR count). The number of aryl methyl sites for hydroxylation is 1. The van der Waals surface area contributed by atoms with Gasteiger partial charge in [-0.3, -0.25) is 9.59 Å². The van der Waals surface area contributed by atoms with Crippen LogP contribution in [-0.2, 0) is 15.3 Å². The Bertz CT molecular complexity index is 698. The minimum Gasteiger partial charge on any atom is -0.469 e. The highest BCUT2D eigenvalue weighted by Crippen LogP contribution is 2.23. The van der Waals surface area contributed by atoms with Crippen molar-refractivity contribution in [2.75, 3.05) is 7.11 Å². The van der Waals surface area contributed by atoms with Crippen LogP contribution in [-0.4, -0.2) is 30.0 Å². The molecule has 1 aromatic heterocycles. The lowest BCUT2D eigenvalue weighted by atomic mass is 10.2. The van der Waals surface area contributed by atoms with Crippen molar-refractivity contribution in [1.29, 1.82) is 0 Å². The first-order chi connectivity index (χ1) is 11.5. The molecule has 1 atom stereocenters. The van der Waals surface area contributed by atoms with Crippen LogP contribution in [0.4, 0.5) is 0 Å². The number of nitrogens with zero attached hydrogens (tertiary/aromatic N) is 1. The quantitative estimate of drug-likeness (QED) is 0.602. The van der Waals surface area contributed by atoms with E-state index in [-0.39, 0.29) is 24.3 Å². The zero-order valence-electron chi connectivity index (χ0n) is 13.9. The van der Waals surface area contributed by atoms with E-state index in [1.807, 2.05) is 19.1 Å². The molecule has 0 aliphatic carbocycles. The number of hydrogen-bond acceptors (Lipinski definition) is 6. The number of carbonyl (C=O) groups is 2. The highest BCUT2D eigenvalue weighted by Gasteiger charge is 2.13. The Hall–Kier alpha value is -1.86. The fraction of sp³-hybridized carbons (Fsp3) is 0.353. The van der Waals surface area contributed by atoms with Gasteiger partial charge in [0.15, 0.2) is 0 Å². The summed E-state index contributed by atoms with van der Waals surface area (Å²) >= 11 is 3.33. The minimum atomic E-state index is -0.341. The number of nitrogens with one attached hydrogen (secondary N) is 1. The van der Waals surface area contributed by atoms with E-state index in [1.54, 1.807) is 42.2 Å². The number of esters is 1. The third-order valence-electron chi connectivity index (χ3n) is 3.25. The second kappa shape index (κ2) is 8.84. The maximum atomic E-state index is 12.1. The number of ether oxygens (including phenoxy) is 1. The van der Waals surface area contributed by atoms with Gasteiger partial charge in [0.25, 0.3) is 5.91 Å². The number of methoxy groups -OCH3 is 1. The van der Waals surface area contributed by atoms with Crippen LogP contribution >= 0.6 is 23.1 Å². The van der Waals surface area contributed by atoms with Crippen LogP contribution in [0.25, 0.3) is 0 Å². The molecule has 128 valence electrons. The summed E-state index contributed by atoms with van der Waals surface area (Å²) in [5.74, 6) is 0.274. The van der Waals surface area contributed by atoms with Gasteiger partial charge in [-0.15, -0.1) is 23.1 Å². The molecule has 0 fully saturated rings. The highest BCUT2D eigenvalue weighted by molar-refractivity contribution is 7.98. The molecule has 0 aliphatic rings. The standard InChI is InChI=1S/C17H20N2O3S2/c1-11(8-16(20)22-3)18-17(21)13-4-6-15(7-5-13)24-10-14-9-23-12(2)19-14/h4-7,9,11H,8,10H2,1-3H3,(H,18,21). The number of rotatable bonds is 7. The van der Waals surface area contributed by atoms with Gasteiger partial charge in [-0.1, -0.05) is 0 Å². The number of thioether (sulfide) groups is 1. The molecule has 0 radical (unpaired) electrons. The van der Waals surface area contributed by atoms with Crippen molar-refractivity contribution in [3.63, 3.8) is 0 Å². The van der Waals surface area contributed by atoms with Crippen molar-refractivity contribution in [3.8, 4) is 0 Å². The van der Waals surface area contributed by atoms with Crippen molar-refractivity contribution in [3.05, 3.63) is 45.9 Å². The molecule has 2 aromatic rings. The number of benzene rings is 1. The number of thiazole rings is 1. The number of amides is 1. The fourth-order valence-corrected chi connectivity index (χ4v) is 3.53. The molecule has 0 bridgehead atoms. The number of hydrogen-bond donors (Lipinski definition) is 1. The Balaban J connectivity index is 1.86. The van der Waals surface area contributed by atoms with Crippen LogP contribution in [0.15, 0.2) is 34.5 Å². The molecule has 1 N–H and O–H groups in total. The lowest BCUT2D eigenvalue weighted by Crippen LogP contribution is -2.34. The third-order valence-corrected chi connectivity index (χ3v) is 5.12. The van der Waals surface area contributed by atoms with Gasteiger partial charge in [0, 0.05) is 27.6 Å². The van der Waals surface area contributed by atoms with E-state index in [9.17, 15) is 9.59 Å². The van der Waals surface area contributed by atoms with Crippen LogP contribution < -0.4 is 5.32 Å². The molecule has 5 nitrogen and oxygen atoms in total. The topological polar surface area (TPSA) is 68.3 Å². The summed E-state index contributed by atoms with van der Waals surface area (Å²) in [6.07, 6.45) is 0.156. The van der Waals surface area contributed by atoms with Crippen molar-refractivity contribution >= 4 is 35.0 Å². The predicted octanol–water partition coefficient (Wildman–Crippen LogP) is 3.43. The van der Waals surface area contributed by atoms with Gasteiger partial charge in [0.1, 0.15) is 0 Å². The monoisotopic (exact) mass is 364 g/mol. The van der Waals surface area contributed by atoms with Gasteiger partial charge in [-0.05, 0) is 38.1 Å². The van der Waals surface area contributed by atoms with Crippen LogP contribution in [0.3, 0.4) is 0 Å². The van der Waals surface area contributed by atoms with Crippen molar-refractivity contribution < 1.29 is 14.3 Å². The van der Waals surface area contributed by atoms with E-state index < -0.39 is 0 Å². The third kappa shape index (κ3) is 5.65. The summed E-state index contributed by atoms with van der Waals surface area (Å²) in [5.41, 5.74) is 1.64. The maximum absolute atomic E-state index is 12.1. The Kier molecular flexibility index (Phi) is 6.81. The van der Waals surface area contributed by atoms with Crippen LogP contribution in [0.2, 0.25) is 0 Å². The first-order valence-electron chi connectivity index (χ1n) is 7.49. The second-order valence-corrected chi connectivity index (χ2v) is 7.44. The van der Waals surface area contributed by atoms with E-state index in [0.717, 1.165) is 21.3 Å². The predicted molar refractivity (Wildman–Crippen MR) is 96.4 cm³/mol. The smallest absolute Gasteiger partial charge is 0.307 e. The molecule has 24 heavy (non-hydrogen) atoms. The van der Waals surface area contributed by atoms with Crippen molar-refractivity contribution in [2.24, 2.45) is 0 Å². The average molecular weight is 364 g/mol. The molecule has 1 heterocycles. The van der Waals surface area contributed by atoms with E-state index in [2.05, 4.69) is 20.4 Å². The largest absolute Gasteiger partial charge is 0.469 e. The zero-order valence-corrected chi connectivity index (χ0v) is 15.5. The van der Waals surface area contributed by atoms with E-state index in [1.165, 1.54) is 7.11 Å². The molecule has 0 aliphatic heterocycles. The lowest BCUT2D eigenvalue weighted by molar-refractivity contribution is -0.141. The summed E-state index contributed by atoms with van der Waals surface area (Å²) in [4.78, 5) is 28.8. The molecular formula is C17H20N2O3S2. The maximum Gasteiger partial charge on any atom is 0.307 e. The Morgan fingerprint density at radius 1 is 1.33 bits per heavy atom. The highest BCUT2D eigenvalue weighted by atomic mass is 32.2.